The Hall–Kier alpha value is -1.90. The van der Waals surface area contributed by atoms with E-state index in [1.54, 1.807) is 7.11 Å². The molecule has 2 aromatic rings. The van der Waals surface area contributed by atoms with E-state index in [4.69, 9.17) is 18.8 Å². The van der Waals surface area contributed by atoms with Crippen LogP contribution in [0.5, 0.6) is 0 Å². The molecule has 1 aliphatic heterocycles. The minimum atomic E-state index is -1.30. The second-order valence-corrected chi connectivity index (χ2v) is 12.9. The third-order valence-corrected chi connectivity index (χ3v) is 7.37. The zero-order chi connectivity index (χ0) is 24.2. The van der Waals surface area contributed by atoms with Gasteiger partial charge in [0.1, 0.15) is 0 Å². The maximum Gasteiger partial charge on any atom is 0.407 e. The first-order valence-corrected chi connectivity index (χ1v) is 14.9. The van der Waals surface area contributed by atoms with Crippen LogP contribution in [0.1, 0.15) is 63.0 Å². The van der Waals surface area contributed by atoms with E-state index < -0.39 is 15.1 Å². The summed E-state index contributed by atoms with van der Waals surface area (Å²) in [5, 5.41) is 14.7. The summed E-state index contributed by atoms with van der Waals surface area (Å²) in [6.45, 7) is 12.9. The number of methoxy groups -OCH3 is 1. The number of fused-ring (bicyclic) bond motifs is 1. The molecule has 2 heterocycles. The second kappa shape index (κ2) is 11.0. The first-order chi connectivity index (χ1) is 15.6. The van der Waals surface area contributed by atoms with Gasteiger partial charge in [-0.1, -0.05) is 32.0 Å². The van der Waals surface area contributed by atoms with E-state index in [0.717, 1.165) is 54.3 Å². The van der Waals surface area contributed by atoms with Crippen molar-refractivity contribution in [3.05, 3.63) is 29.0 Å². The van der Waals surface area contributed by atoms with Crippen molar-refractivity contribution in [3.63, 3.8) is 0 Å². The molecule has 1 unspecified atom stereocenters. The fourth-order valence-electron chi connectivity index (χ4n) is 4.74. The first kappa shape index (κ1) is 25.7. The number of piperidine rings is 1. The SMILES string of the molecule is COCCc1ccc2c(CCC3CCN(C(=O)O)CC3)noc2c1C(O[SiH](C)C)C(C)(C)C. The van der Waals surface area contributed by atoms with Crippen LogP contribution in [0.25, 0.3) is 11.0 Å². The van der Waals surface area contributed by atoms with E-state index in [1.165, 1.54) is 10.5 Å². The Kier molecular flexibility index (Phi) is 8.58. The van der Waals surface area contributed by atoms with Gasteiger partial charge in [-0.3, -0.25) is 0 Å². The standard InChI is InChI=1S/C25H40N2O5Si/c1-25(2,3)23(32-33(5)6)21-18(13-16-30-4)8-9-19-20(26-31-22(19)21)10-7-17-11-14-27(15-12-17)24(28)29/h8-9,17,23,33H,7,10-16H2,1-6H3,(H,28,29). The molecule has 1 saturated heterocycles. The Balaban J connectivity index is 1.88. The number of aromatic nitrogens is 1. The van der Waals surface area contributed by atoms with E-state index >= 15 is 0 Å². The number of benzene rings is 1. The first-order valence-electron chi connectivity index (χ1n) is 12.1. The highest BCUT2D eigenvalue weighted by Crippen LogP contribution is 2.42. The van der Waals surface area contributed by atoms with Crippen LogP contribution in [0.3, 0.4) is 0 Å². The smallest absolute Gasteiger partial charge is 0.407 e. The predicted molar refractivity (Wildman–Crippen MR) is 132 cm³/mol. The summed E-state index contributed by atoms with van der Waals surface area (Å²) in [6, 6.07) is 4.32. The molecule has 7 nitrogen and oxygen atoms in total. The third kappa shape index (κ3) is 6.37. The highest BCUT2D eigenvalue weighted by atomic mass is 28.3. The summed E-state index contributed by atoms with van der Waals surface area (Å²) in [5.74, 6) is 0.519. The van der Waals surface area contributed by atoms with Crippen LogP contribution in [-0.4, -0.2) is 57.1 Å². The van der Waals surface area contributed by atoms with Gasteiger partial charge in [0, 0.05) is 31.1 Å². The molecule has 8 heteroatoms. The van der Waals surface area contributed by atoms with Crippen molar-refractivity contribution in [1.82, 2.24) is 10.1 Å². The lowest BCUT2D eigenvalue weighted by Crippen LogP contribution is -2.37. The largest absolute Gasteiger partial charge is 0.465 e. The lowest BCUT2D eigenvalue weighted by molar-refractivity contribution is 0.0854. The zero-order valence-electron chi connectivity index (χ0n) is 21.0. The molecule has 1 aromatic heterocycles. The minimum absolute atomic E-state index is 0.0686. The summed E-state index contributed by atoms with van der Waals surface area (Å²) in [6.07, 6.45) is 3.57. The molecule has 0 radical (unpaired) electrons. The highest BCUT2D eigenvalue weighted by Gasteiger charge is 2.33. The molecule has 0 saturated carbocycles. The number of ether oxygens (including phenoxy) is 1. The van der Waals surface area contributed by atoms with Crippen molar-refractivity contribution in [2.45, 2.75) is 72.1 Å². The Bertz CT molecular complexity index is 929. The van der Waals surface area contributed by atoms with Gasteiger partial charge in [-0.05, 0) is 68.2 Å². The second-order valence-electron chi connectivity index (χ2n) is 10.6. The summed E-state index contributed by atoms with van der Waals surface area (Å²) >= 11 is 0. The Morgan fingerprint density at radius 1 is 1.27 bits per heavy atom. The molecule has 0 bridgehead atoms. The van der Waals surface area contributed by atoms with Gasteiger partial charge in [0.05, 0.1) is 18.4 Å². The molecule has 1 fully saturated rings. The van der Waals surface area contributed by atoms with Gasteiger partial charge in [0.15, 0.2) is 14.6 Å². The molecule has 33 heavy (non-hydrogen) atoms. The normalized spacial score (nSPS) is 16.6. The molecule has 0 aliphatic carbocycles. The van der Waals surface area contributed by atoms with E-state index in [0.29, 0.717) is 25.6 Å². The van der Waals surface area contributed by atoms with Gasteiger partial charge in [-0.25, -0.2) is 4.79 Å². The van der Waals surface area contributed by atoms with E-state index in [1.807, 2.05) is 0 Å². The summed E-state index contributed by atoms with van der Waals surface area (Å²) in [7, 11) is 0.423. The molecule has 184 valence electrons. The lowest BCUT2D eigenvalue weighted by atomic mass is 9.81. The lowest BCUT2D eigenvalue weighted by Gasteiger charge is -2.34. The molecular weight excluding hydrogens is 436 g/mol. The van der Waals surface area contributed by atoms with Crippen LogP contribution in [0.4, 0.5) is 4.79 Å². The van der Waals surface area contributed by atoms with Crippen molar-refractivity contribution >= 4 is 26.1 Å². The number of carboxylic acid groups (broad SMARTS) is 1. The van der Waals surface area contributed by atoms with Gasteiger partial charge >= 0.3 is 6.09 Å². The van der Waals surface area contributed by atoms with Gasteiger partial charge in [0.2, 0.25) is 0 Å². The molecule has 1 N–H and O–H groups in total. The topological polar surface area (TPSA) is 85.0 Å². The number of likely N-dealkylation sites (tertiary alicyclic amines) is 1. The molecule has 3 rings (SSSR count). The van der Waals surface area contributed by atoms with E-state index in [9.17, 15) is 4.79 Å². The van der Waals surface area contributed by atoms with Crippen molar-refractivity contribution in [2.24, 2.45) is 11.3 Å². The summed E-state index contributed by atoms with van der Waals surface area (Å²) in [5.41, 5.74) is 4.06. The van der Waals surface area contributed by atoms with Crippen LogP contribution in [0, 0.1) is 11.3 Å². The Morgan fingerprint density at radius 2 is 1.97 bits per heavy atom. The van der Waals surface area contributed by atoms with Crippen molar-refractivity contribution in [1.29, 1.82) is 0 Å². The van der Waals surface area contributed by atoms with Crippen LogP contribution < -0.4 is 0 Å². The molecule has 1 atom stereocenters. The van der Waals surface area contributed by atoms with Crippen LogP contribution in [0.15, 0.2) is 16.7 Å². The van der Waals surface area contributed by atoms with Crippen molar-refractivity contribution < 1.29 is 23.6 Å². The van der Waals surface area contributed by atoms with Crippen LogP contribution in [0.2, 0.25) is 13.1 Å². The average molecular weight is 477 g/mol. The Labute approximate surface area is 199 Å². The molecule has 1 aromatic carbocycles. The maximum absolute atomic E-state index is 11.2. The van der Waals surface area contributed by atoms with Crippen molar-refractivity contribution in [3.8, 4) is 0 Å². The Morgan fingerprint density at radius 3 is 2.55 bits per heavy atom. The van der Waals surface area contributed by atoms with Gasteiger partial charge in [-0.2, -0.15) is 0 Å². The van der Waals surface area contributed by atoms with Gasteiger partial charge < -0.3 is 23.7 Å². The number of hydrogen-bond donors (Lipinski definition) is 1. The fourth-order valence-corrected chi connectivity index (χ4v) is 5.83. The van der Waals surface area contributed by atoms with Gasteiger partial charge in [-0.15, -0.1) is 0 Å². The number of nitrogens with zero attached hydrogens (tertiary/aromatic N) is 2. The maximum atomic E-state index is 11.2. The number of carbonyl (C=O) groups is 1. The summed E-state index contributed by atoms with van der Waals surface area (Å²) < 4.78 is 18.0. The zero-order valence-corrected chi connectivity index (χ0v) is 22.2. The fraction of sp³-hybridized carbons (Fsp3) is 0.680. The molecule has 1 aliphatic rings. The molecule has 0 spiro atoms. The van der Waals surface area contributed by atoms with Crippen LogP contribution in [-0.2, 0) is 22.0 Å². The molecule has 1 amide bonds. The number of amides is 1. The number of rotatable bonds is 9. The van der Waals surface area contributed by atoms with Crippen LogP contribution >= 0.6 is 0 Å². The summed E-state index contributed by atoms with van der Waals surface area (Å²) in [4.78, 5) is 12.7. The average Bonchev–Trinajstić information content (AvgIpc) is 3.17. The highest BCUT2D eigenvalue weighted by molar-refractivity contribution is 6.48. The minimum Gasteiger partial charge on any atom is -0.465 e. The predicted octanol–water partition coefficient (Wildman–Crippen LogP) is 5.43. The quantitative estimate of drug-likeness (QED) is 0.486. The van der Waals surface area contributed by atoms with E-state index in [-0.39, 0.29) is 11.5 Å². The molecular formula is C25H40N2O5Si. The van der Waals surface area contributed by atoms with Crippen molar-refractivity contribution in [2.75, 3.05) is 26.8 Å². The van der Waals surface area contributed by atoms with E-state index in [2.05, 4.69) is 51.2 Å². The number of aryl methyl sites for hydroxylation is 1. The third-order valence-electron chi connectivity index (χ3n) is 6.55. The van der Waals surface area contributed by atoms with Gasteiger partial charge in [0.25, 0.3) is 0 Å². The number of hydrogen-bond acceptors (Lipinski definition) is 5. The monoisotopic (exact) mass is 476 g/mol.